The summed E-state index contributed by atoms with van der Waals surface area (Å²) in [6, 6.07) is 21.8. The van der Waals surface area contributed by atoms with Crippen LogP contribution in [-0.4, -0.2) is 60.8 Å². The Morgan fingerprint density at radius 2 is 1.41 bits per heavy atom. The van der Waals surface area contributed by atoms with Crippen molar-refractivity contribution in [3.05, 3.63) is 77.9 Å². The number of nitrogens with zero attached hydrogens (tertiary/aromatic N) is 4. The van der Waals surface area contributed by atoms with Crippen LogP contribution in [0.15, 0.2) is 66.7 Å². The van der Waals surface area contributed by atoms with E-state index in [1.807, 2.05) is 59.5 Å². The van der Waals surface area contributed by atoms with Crippen molar-refractivity contribution in [3.63, 3.8) is 0 Å². The Morgan fingerprint density at radius 3 is 2.06 bits per heavy atom. The van der Waals surface area contributed by atoms with Crippen molar-refractivity contribution in [2.75, 3.05) is 49.1 Å². The van der Waals surface area contributed by atoms with Gasteiger partial charge in [-0.25, -0.2) is 4.98 Å². The summed E-state index contributed by atoms with van der Waals surface area (Å²) in [6.07, 6.45) is 2.26. The highest BCUT2D eigenvalue weighted by Gasteiger charge is 2.27. The number of aromatic nitrogens is 1. The Kier molecular flexibility index (Phi) is 6.30. The van der Waals surface area contributed by atoms with Crippen LogP contribution in [0.4, 0.5) is 11.5 Å². The van der Waals surface area contributed by atoms with E-state index in [2.05, 4.69) is 21.9 Å². The van der Waals surface area contributed by atoms with Crippen LogP contribution in [0.25, 0.3) is 11.3 Å². The fraction of sp³-hybridized carbons (Fsp3) is 0.321. The topological polar surface area (TPSA) is 56.8 Å². The van der Waals surface area contributed by atoms with E-state index >= 15 is 0 Å². The number of carbonyl (C=O) groups excluding carboxylic acids is 2. The molecule has 0 radical (unpaired) electrons. The van der Waals surface area contributed by atoms with Gasteiger partial charge in [-0.3, -0.25) is 9.59 Å². The third kappa shape index (κ3) is 4.53. The summed E-state index contributed by atoms with van der Waals surface area (Å²) in [7, 11) is 0. The van der Waals surface area contributed by atoms with Gasteiger partial charge in [0.2, 0.25) is 0 Å². The summed E-state index contributed by atoms with van der Waals surface area (Å²) < 4.78 is 0. The summed E-state index contributed by atoms with van der Waals surface area (Å²) in [5.74, 6) is 0.939. The van der Waals surface area contributed by atoms with Crippen molar-refractivity contribution in [2.45, 2.75) is 19.8 Å². The first-order valence-corrected chi connectivity index (χ1v) is 12.1. The van der Waals surface area contributed by atoms with Crippen molar-refractivity contribution in [3.8, 4) is 11.3 Å². The fourth-order valence-electron chi connectivity index (χ4n) is 4.80. The Hall–Kier alpha value is -3.67. The summed E-state index contributed by atoms with van der Waals surface area (Å²) >= 11 is 0. The summed E-state index contributed by atoms with van der Waals surface area (Å²) in [5, 5.41) is 0. The number of benzene rings is 2. The molecule has 2 aliphatic heterocycles. The predicted molar refractivity (Wildman–Crippen MR) is 136 cm³/mol. The number of pyridine rings is 1. The monoisotopic (exact) mass is 454 g/mol. The lowest BCUT2D eigenvalue weighted by atomic mass is 10.1. The van der Waals surface area contributed by atoms with Crippen molar-refractivity contribution in [1.82, 2.24) is 9.88 Å². The van der Waals surface area contributed by atoms with E-state index in [-0.39, 0.29) is 11.7 Å². The Labute approximate surface area is 200 Å². The van der Waals surface area contributed by atoms with Gasteiger partial charge in [0.05, 0.1) is 11.3 Å². The van der Waals surface area contributed by atoms with Gasteiger partial charge in [0, 0.05) is 56.1 Å². The maximum absolute atomic E-state index is 13.6. The van der Waals surface area contributed by atoms with Crippen molar-refractivity contribution in [2.24, 2.45) is 0 Å². The lowest BCUT2D eigenvalue weighted by Gasteiger charge is -2.36. The fourth-order valence-corrected chi connectivity index (χ4v) is 4.80. The highest BCUT2D eigenvalue weighted by Crippen LogP contribution is 2.28. The molecule has 2 saturated heterocycles. The largest absolute Gasteiger partial charge is 0.368 e. The Morgan fingerprint density at radius 1 is 0.735 bits per heavy atom. The number of carbonyl (C=O) groups is 2. The van der Waals surface area contributed by atoms with Gasteiger partial charge in [-0.2, -0.15) is 0 Å². The minimum atomic E-state index is 0.0561. The minimum absolute atomic E-state index is 0.0561. The third-order valence-electron chi connectivity index (χ3n) is 6.79. The van der Waals surface area contributed by atoms with E-state index < -0.39 is 0 Å². The van der Waals surface area contributed by atoms with Crippen LogP contribution in [0.2, 0.25) is 0 Å². The Balaban J connectivity index is 1.33. The zero-order valence-electron chi connectivity index (χ0n) is 19.6. The van der Waals surface area contributed by atoms with E-state index in [1.165, 1.54) is 0 Å². The number of hydrogen-bond acceptors (Lipinski definition) is 5. The van der Waals surface area contributed by atoms with Crippen LogP contribution in [-0.2, 0) is 0 Å². The predicted octanol–water partition coefficient (Wildman–Crippen LogP) is 4.51. The zero-order chi connectivity index (χ0) is 23.5. The number of anilines is 2. The summed E-state index contributed by atoms with van der Waals surface area (Å²) in [5.41, 5.74) is 4.47. The van der Waals surface area contributed by atoms with Gasteiger partial charge in [0.15, 0.2) is 5.78 Å². The highest BCUT2D eigenvalue weighted by molar-refractivity contribution is 5.99. The molecule has 0 atom stereocenters. The number of piperazine rings is 1. The normalized spacial score (nSPS) is 16.1. The van der Waals surface area contributed by atoms with Gasteiger partial charge < -0.3 is 14.7 Å². The van der Waals surface area contributed by atoms with Crippen LogP contribution < -0.4 is 9.80 Å². The molecule has 1 amide bonds. The number of amides is 1. The molecule has 1 aromatic heterocycles. The molecule has 0 N–H and O–H groups in total. The van der Waals surface area contributed by atoms with Crippen LogP contribution in [0.3, 0.4) is 0 Å². The third-order valence-corrected chi connectivity index (χ3v) is 6.79. The molecule has 2 fully saturated rings. The maximum Gasteiger partial charge on any atom is 0.257 e. The molecule has 3 heterocycles. The van der Waals surface area contributed by atoms with Gasteiger partial charge in [-0.05, 0) is 56.2 Å². The lowest BCUT2D eigenvalue weighted by Crippen LogP contribution is -2.49. The molecule has 0 spiro atoms. The van der Waals surface area contributed by atoms with Gasteiger partial charge in [-0.15, -0.1) is 0 Å². The first kappa shape index (κ1) is 22.1. The molecule has 3 aromatic rings. The Bertz CT molecular complexity index is 1160. The molecule has 5 rings (SSSR count). The van der Waals surface area contributed by atoms with E-state index in [0.29, 0.717) is 18.7 Å². The summed E-state index contributed by atoms with van der Waals surface area (Å²) in [6.45, 7) is 6.31. The molecule has 174 valence electrons. The quantitative estimate of drug-likeness (QED) is 0.531. The molecule has 6 nitrogen and oxygen atoms in total. The highest BCUT2D eigenvalue weighted by atomic mass is 16.2. The molecule has 2 aliphatic rings. The molecule has 34 heavy (non-hydrogen) atoms. The standard InChI is InChI=1S/C28H30N4O2/c1-21(33)22-9-11-24(12-10-22)30-17-19-32(20-18-30)28(34)25-13-14-26(23-7-3-2-4-8-23)29-27(25)31-15-5-6-16-31/h2-4,7-14H,5-6,15-20H2,1H3. The average Bonchev–Trinajstić information content (AvgIpc) is 3.44. The first-order valence-electron chi connectivity index (χ1n) is 12.1. The van der Waals surface area contributed by atoms with E-state index in [1.54, 1.807) is 6.92 Å². The van der Waals surface area contributed by atoms with Gasteiger partial charge in [0.25, 0.3) is 5.91 Å². The number of rotatable bonds is 5. The van der Waals surface area contributed by atoms with E-state index in [0.717, 1.165) is 67.3 Å². The van der Waals surface area contributed by atoms with Crippen molar-refractivity contribution >= 4 is 23.2 Å². The molecular formula is C28H30N4O2. The number of hydrogen-bond donors (Lipinski definition) is 0. The van der Waals surface area contributed by atoms with Crippen molar-refractivity contribution in [1.29, 1.82) is 0 Å². The van der Waals surface area contributed by atoms with Crippen molar-refractivity contribution < 1.29 is 9.59 Å². The second-order valence-electron chi connectivity index (χ2n) is 9.01. The molecule has 0 saturated carbocycles. The van der Waals surface area contributed by atoms with Crippen LogP contribution in [0, 0.1) is 0 Å². The SMILES string of the molecule is CC(=O)c1ccc(N2CCN(C(=O)c3ccc(-c4ccccc4)nc3N3CCCC3)CC2)cc1. The first-order chi connectivity index (χ1) is 16.6. The van der Waals surface area contributed by atoms with Gasteiger partial charge in [0.1, 0.15) is 5.82 Å². The molecule has 0 aliphatic carbocycles. The lowest BCUT2D eigenvalue weighted by molar-refractivity contribution is 0.0747. The van der Waals surface area contributed by atoms with Crippen LogP contribution in [0.1, 0.15) is 40.5 Å². The molecular weight excluding hydrogens is 424 g/mol. The maximum atomic E-state index is 13.6. The van der Waals surface area contributed by atoms with Crippen LogP contribution in [0.5, 0.6) is 0 Å². The molecule has 2 aromatic carbocycles. The average molecular weight is 455 g/mol. The second kappa shape index (κ2) is 9.67. The van der Waals surface area contributed by atoms with Crippen LogP contribution >= 0.6 is 0 Å². The summed E-state index contributed by atoms with van der Waals surface area (Å²) in [4.78, 5) is 36.6. The minimum Gasteiger partial charge on any atom is -0.368 e. The van der Waals surface area contributed by atoms with E-state index in [9.17, 15) is 9.59 Å². The smallest absolute Gasteiger partial charge is 0.257 e. The van der Waals surface area contributed by atoms with Gasteiger partial charge >= 0.3 is 0 Å². The van der Waals surface area contributed by atoms with E-state index in [4.69, 9.17) is 4.98 Å². The molecule has 0 unspecified atom stereocenters. The number of Topliss-reactive ketones (excluding diaryl/α,β-unsaturated/α-hetero) is 1. The van der Waals surface area contributed by atoms with Gasteiger partial charge in [-0.1, -0.05) is 30.3 Å². The number of ketones is 1. The molecule has 0 bridgehead atoms. The second-order valence-corrected chi connectivity index (χ2v) is 9.01. The zero-order valence-corrected chi connectivity index (χ0v) is 19.6. The molecule has 6 heteroatoms.